The van der Waals surface area contributed by atoms with Gasteiger partial charge in [0.25, 0.3) is 0 Å². The van der Waals surface area contributed by atoms with Crippen LogP contribution in [0.4, 0.5) is 11.8 Å². The Labute approximate surface area is 92.9 Å². The summed E-state index contributed by atoms with van der Waals surface area (Å²) in [5, 5.41) is 7.74. The Balaban J connectivity index is 2.09. The highest BCUT2D eigenvalue weighted by molar-refractivity contribution is 5.87. The van der Waals surface area contributed by atoms with Gasteiger partial charge in [0.15, 0.2) is 5.65 Å². The molecule has 16 heavy (non-hydrogen) atoms. The largest absolute Gasteiger partial charge is 0.368 e. The molecule has 2 aromatic rings. The first-order valence-corrected chi connectivity index (χ1v) is 5.45. The number of aromatic amines is 1. The number of H-pyrrole nitrogens is 1. The predicted molar refractivity (Wildman–Crippen MR) is 62.1 cm³/mol. The topological polar surface area (TPSA) is 83.7 Å². The number of aromatic nitrogens is 4. The average molecular weight is 218 g/mol. The first kappa shape index (κ1) is 9.38. The van der Waals surface area contributed by atoms with Crippen LogP contribution in [0.5, 0.6) is 0 Å². The van der Waals surface area contributed by atoms with Crippen molar-refractivity contribution in [2.24, 2.45) is 0 Å². The van der Waals surface area contributed by atoms with Gasteiger partial charge in [0, 0.05) is 13.1 Å². The molecule has 1 fully saturated rings. The SMILES string of the molecule is CN(c1nc(N)nc2[nH]ncc12)C1CCC1. The molecule has 3 rings (SSSR count). The number of nitrogens with two attached hydrogens (primary N) is 1. The van der Waals surface area contributed by atoms with E-state index >= 15 is 0 Å². The number of rotatable bonds is 2. The minimum absolute atomic E-state index is 0.290. The molecular formula is C10H14N6. The third-order valence-electron chi connectivity index (χ3n) is 3.26. The van der Waals surface area contributed by atoms with Gasteiger partial charge in [-0.2, -0.15) is 15.1 Å². The minimum Gasteiger partial charge on any atom is -0.368 e. The maximum absolute atomic E-state index is 5.68. The Hall–Kier alpha value is -1.85. The number of nitrogen functional groups attached to an aromatic ring is 1. The van der Waals surface area contributed by atoms with E-state index in [1.807, 2.05) is 0 Å². The molecule has 3 N–H and O–H groups in total. The van der Waals surface area contributed by atoms with Crippen LogP contribution in [0, 0.1) is 0 Å². The Bertz CT molecular complexity index is 515. The fraction of sp³-hybridized carbons (Fsp3) is 0.500. The fourth-order valence-electron chi connectivity index (χ4n) is 2.05. The van der Waals surface area contributed by atoms with E-state index < -0.39 is 0 Å². The van der Waals surface area contributed by atoms with Gasteiger partial charge < -0.3 is 10.6 Å². The molecule has 2 aromatic heterocycles. The van der Waals surface area contributed by atoms with Crippen molar-refractivity contribution in [1.82, 2.24) is 20.2 Å². The van der Waals surface area contributed by atoms with E-state index in [9.17, 15) is 0 Å². The number of anilines is 2. The Morgan fingerprint density at radius 3 is 2.94 bits per heavy atom. The first-order valence-electron chi connectivity index (χ1n) is 5.45. The molecule has 0 radical (unpaired) electrons. The molecule has 0 spiro atoms. The summed E-state index contributed by atoms with van der Waals surface area (Å²) >= 11 is 0. The number of hydrogen-bond acceptors (Lipinski definition) is 5. The molecule has 0 aliphatic heterocycles. The van der Waals surface area contributed by atoms with Crippen molar-refractivity contribution in [2.75, 3.05) is 17.7 Å². The molecule has 2 heterocycles. The zero-order chi connectivity index (χ0) is 11.1. The van der Waals surface area contributed by atoms with Crippen molar-refractivity contribution in [3.8, 4) is 0 Å². The van der Waals surface area contributed by atoms with Gasteiger partial charge in [-0.15, -0.1) is 0 Å². The second-order valence-electron chi connectivity index (χ2n) is 4.23. The van der Waals surface area contributed by atoms with Crippen molar-refractivity contribution >= 4 is 22.8 Å². The van der Waals surface area contributed by atoms with Crippen LogP contribution in [0.15, 0.2) is 6.20 Å². The van der Waals surface area contributed by atoms with Crippen molar-refractivity contribution in [1.29, 1.82) is 0 Å². The van der Waals surface area contributed by atoms with Crippen LogP contribution in [0.3, 0.4) is 0 Å². The van der Waals surface area contributed by atoms with Gasteiger partial charge in [-0.05, 0) is 19.3 Å². The Morgan fingerprint density at radius 2 is 2.25 bits per heavy atom. The molecule has 1 aliphatic rings. The van der Waals surface area contributed by atoms with Crippen LogP contribution in [0.25, 0.3) is 11.0 Å². The lowest BCUT2D eigenvalue weighted by atomic mass is 9.92. The smallest absolute Gasteiger partial charge is 0.224 e. The van der Waals surface area contributed by atoms with Crippen molar-refractivity contribution in [3.63, 3.8) is 0 Å². The van der Waals surface area contributed by atoms with Crippen molar-refractivity contribution < 1.29 is 0 Å². The van der Waals surface area contributed by atoms with E-state index in [2.05, 4.69) is 32.1 Å². The van der Waals surface area contributed by atoms with Gasteiger partial charge in [-0.1, -0.05) is 0 Å². The number of hydrogen-bond donors (Lipinski definition) is 2. The summed E-state index contributed by atoms with van der Waals surface area (Å²) in [6, 6.07) is 0.576. The predicted octanol–water partition coefficient (Wildman–Crippen LogP) is 0.924. The number of nitrogens with zero attached hydrogens (tertiary/aromatic N) is 4. The lowest BCUT2D eigenvalue weighted by Gasteiger charge is -2.35. The van der Waals surface area contributed by atoms with Gasteiger partial charge >= 0.3 is 0 Å². The summed E-state index contributed by atoms with van der Waals surface area (Å²) in [7, 11) is 2.05. The fourth-order valence-corrected chi connectivity index (χ4v) is 2.05. The monoisotopic (exact) mass is 218 g/mol. The van der Waals surface area contributed by atoms with Gasteiger partial charge in [-0.3, -0.25) is 5.10 Å². The molecule has 0 bridgehead atoms. The summed E-state index contributed by atoms with van der Waals surface area (Å²) in [5.41, 5.74) is 6.39. The number of fused-ring (bicyclic) bond motifs is 1. The summed E-state index contributed by atoms with van der Waals surface area (Å²) < 4.78 is 0. The van der Waals surface area contributed by atoms with E-state index in [-0.39, 0.29) is 5.95 Å². The third kappa shape index (κ3) is 1.30. The highest BCUT2D eigenvalue weighted by Gasteiger charge is 2.25. The maximum Gasteiger partial charge on any atom is 0.224 e. The molecule has 6 heteroatoms. The van der Waals surface area contributed by atoms with Crippen molar-refractivity contribution in [3.05, 3.63) is 6.20 Å². The second-order valence-corrected chi connectivity index (χ2v) is 4.23. The molecule has 0 unspecified atom stereocenters. The van der Waals surface area contributed by atoms with Gasteiger partial charge in [-0.25, -0.2) is 0 Å². The number of nitrogens with one attached hydrogen (secondary N) is 1. The molecule has 0 amide bonds. The second kappa shape index (κ2) is 3.33. The van der Waals surface area contributed by atoms with E-state index in [0.29, 0.717) is 11.7 Å². The summed E-state index contributed by atoms with van der Waals surface area (Å²) in [5.74, 6) is 1.17. The summed E-state index contributed by atoms with van der Waals surface area (Å²) in [6.45, 7) is 0. The molecule has 1 aliphatic carbocycles. The molecule has 1 saturated carbocycles. The lowest BCUT2D eigenvalue weighted by Crippen LogP contribution is -2.37. The zero-order valence-electron chi connectivity index (χ0n) is 9.14. The van der Waals surface area contributed by atoms with Gasteiger partial charge in [0.05, 0.1) is 11.6 Å². The zero-order valence-corrected chi connectivity index (χ0v) is 9.14. The maximum atomic E-state index is 5.68. The Morgan fingerprint density at radius 1 is 1.44 bits per heavy atom. The van der Waals surface area contributed by atoms with E-state index in [0.717, 1.165) is 11.2 Å². The van der Waals surface area contributed by atoms with Crippen LogP contribution in [0.2, 0.25) is 0 Å². The van der Waals surface area contributed by atoms with E-state index in [4.69, 9.17) is 5.73 Å². The molecule has 0 aromatic carbocycles. The molecule has 84 valence electrons. The van der Waals surface area contributed by atoms with Crippen LogP contribution in [-0.2, 0) is 0 Å². The van der Waals surface area contributed by atoms with Crippen LogP contribution < -0.4 is 10.6 Å². The quantitative estimate of drug-likeness (QED) is 0.783. The highest BCUT2D eigenvalue weighted by atomic mass is 15.2. The normalized spacial score (nSPS) is 16.3. The van der Waals surface area contributed by atoms with Gasteiger partial charge in [0.2, 0.25) is 5.95 Å². The lowest BCUT2D eigenvalue weighted by molar-refractivity contribution is 0.400. The minimum atomic E-state index is 0.290. The van der Waals surface area contributed by atoms with E-state index in [1.54, 1.807) is 6.20 Å². The summed E-state index contributed by atoms with van der Waals surface area (Å²) in [4.78, 5) is 10.6. The Kier molecular flexibility index (Phi) is 1.95. The summed E-state index contributed by atoms with van der Waals surface area (Å²) in [6.07, 6.45) is 5.49. The van der Waals surface area contributed by atoms with Gasteiger partial charge in [0.1, 0.15) is 5.82 Å². The van der Waals surface area contributed by atoms with Crippen LogP contribution in [0.1, 0.15) is 19.3 Å². The first-order chi connectivity index (χ1) is 7.75. The average Bonchev–Trinajstić information content (AvgIpc) is 2.60. The van der Waals surface area contributed by atoms with Crippen LogP contribution >= 0.6 is 0 Å². The highest BCUT2D eigenvalue weighted by Crippen LogP contribution is 2.30. The molecule has 6 nitrogen and oxygen atoms in total. The molecular weight excluding hydrogens is 204 g/mol. The molecule has 0 saturated heterocycles. The van der Waals surface area contributed by atoms with Crippen molar-refractivity contribution in [2.45, 2.75) is 25.3 Å². The van der Waals surface area contributed by atoms with Crippen LogP contribution in [-0.4, -0.2) is 33.3 Å². The van der Waals surface area contributed by atoms with E-state index in [1.165, 1.54) is 19.3 Å². The standard InChI is InChI=1S/C10H14N6/c1-16(6-3-2-4-6)9-7-5-12-15-8(7)13-10(11)14-9/h5-6H,2-4H2,1H3,(H3,11,12,13,14,15). The third-order valence-corrected chi connectivity index (χ3v) is 3.26. The molecule has 0 atom stereocenters.